The van der Waals surface area contributed by atoms with E-state index in [-0.39, 0.29) is 33.5 Å². The third kappa shape index (κ3) is 1.83. The fourth-order valence-corrected chi connectivity index (χ4v) is 1.98. The van der Waals surface area contributed by atoms with Gasteiger partial charge in [0.25, 0.3) is 0 Å². The van der Waals surface area contributed by atoms with Gasteiger partial charge in [0.2, 0.25) is 5.91 Å². The molecule has 1 fully saturated rings. The predicted octanol–water partition coefficient (Wildman–Crippen LogP) is 0.862. The molecule has 1 saturated heterocycles. The van der Waals surface area contributed by atoms with E-state index in [1.54, 1.807) is 7.05 Å². The maximum absolute atomic E-state index is 10.9. The summed E-state index contributed by atoms with van der Waals surface area (Å²) in [6.45, 7) is 1.86. The van der Waals surface area contributed by atoms with Gasteiger partial charge in [-0.15, -0.1) is 0 Å². The van der Waals surface area contributed by atoms with Crippen LogP contribution in [0.3, 0.4) is 0 Å². The molecule has 0 aromatic heterocycles. The van der Waals surface area contributed by atoms with Crippen molar-refractivity contribution in [3.63, 3.8) is 0 Å². The molecule has 1 amide bonds. The molecule has 0 aromatic carbocycles. The second-order valence-electron chi connectivity index (χ2n) is 1.92. The first-order valence-electron chi connectivity index (χ1n) is 2.61. The van der Waals surface area contributed by atoms with Crippen molar-refractivity contribution in [1.29, 1.82) is 0 Å². The number of hydrogen-bond donors (Lipinski definition) is 0. The molecule has 2 nitrogen and oxygen atoms in total. The van der Waals surface area contributed by atoms with E-state index in [2.05, 4.69) is 0 Å². The standard InChI is InChI=1S/C5H7NOS2.Au/c1-3-4(7)6(2)5(8)9-3;/h3H,1-2H3;. The molecule has 1 aliphatic heterocycles. The van der Waals surface area contributed by atoms with E-state index < -0.39 is 0 Å². The topological polar surface area (TPSA) is 20.3 Å². The van der Waals surface area contributed by atoms with Gasteiger partial charge in [-0.05, 0) is 6.92 Å². The zero-order chi connectivity index (χ0) is 7.02. The van der Waals surface area contributed by atoms with Crippen LogP contribution in [0.25, 0.3) is 0 Å². The van der Waals surface area contributed by atoms with Gasteiger partial charge in [0, 0.05) is 29.4 Å². The number of nitrogens with zero attached hydrogens (tertiary/aromatic N) is 1. The summed E-state index contributed by atoms with van der Waals surface area (Å²) in [4.78, 5) is 12.5. The van der Waals surface area contributed by atoms with Crippen molar-refractivity contribution in [2.45, 2.75) is 12.2 Å². The van der Waals surface area contributed by atoms with Crippen LogP contribution in [-0.4, -0.2) is 27.4 Å². The summed E-state index contributed by atoms with van der Waals surface area (Å²) in [6.07, 6.45) is 0. The van der Waals surface area contributed by atoms with Crippen molar-refractivity contribution in [1.82, 2.24) is 4.90 Å². The van der Waals surface area contributed by atoms with Gasteiger partial charge in [-0.3, -0.25) is 9.69 Å². The second kappa shape index (κ2) is 3.88. The third-order valence-corrected chi connectivity index (χ3v) is 2.82. The van der Waals surface area contributed by atoms with Crippen molar-refractivity contribution in [3.05, 3.63) is 0 Å². The number of thiocarbonyl (C=S) groups is 1. The van der Waals surface area contributed by atoms with Gasteiger partial charge >= 0.3 is 0 Å². The minimum Gasteiger partial charge on any atom is -0.300 e. The van der Waals surface area contributed by atoms with Gasteiger partial charge in [0.15, 0.2) is 0 Å². The Balaban J connectivity index is 0.000000810. The van der Waals surface area contributed by atoms with Crippen LogP contribution in [0.15, 0.2) is 0 Å². The molecule has 1 radical (unpaired) electrons. The number of amides is 1. The average molecular weight is 358 g/mol. The van der Waals surface area contributed by atoms with Crippen LogP contribution in [0.4, 0.5) is 0 Å². The van der Waals surface area contributed by atoms with Crippen LogP contribution in [-0.2, 0) is 27.2 Å². The molecule has 0 bridgehead atoms. The first-order valence-corrected chi connectivity index (χ1v) is 3.90. The second-order valence-corrected chi connectivity index (χ2v) is 3.90. The SMILES string of the molecule is CC1SC(=S)N(C)C1=O.[Au]. The zero-order valence-electron chi connectivity index (χ0n) is 5.55. The summed E-state index contributed by atoms with van der Waals surface area (Å²) in [5.41, 5.74) is 0. The largest absolute Gasteiger partial charge is 0.300 e. The molecule has 1 heterocycles. The number of carbonyl (C=O) groups excluding carboxylic acids is 1. The van der Waals surface area contributed by atoms with Crippen molar-refractivity contribution in [2.75, 3.05) is 7.05 Å². The molecule has 0 N–H and O–H groups in total. The molecule has 1 atom stereocenters. The summed E-state index contributed by atoms with van der Waals surface area (Å²) < 4.78 is 0.688. The van der Waals surface area contributed by atoms with E-state index in [1.165, 1.54) is 16.7 Å². The maximum Gasteiger partial charge on any atom is 0.241 e. The predicted molar refractivity (Wildman–Crippen MR) is 42.4 cm³/mol. The summed E-state index contributed by atoms with van der Waals surface area (Å²) in [7, 11) is 1.71. The number of rotatable bonds is 0. The van der Waals surface area contributed by atoms with Gasteiger partial charge < -0.3 is 0 Å². The smallest absolute Gasteiger partial charge is 0.241 e. The van der Waals surface area contributed by atoms with Gasteiger partial charge in [-0.1, -0.05) is 24.0 Å². The quantitative estimate of drug-likeness (QED) is 0.473. The molecule has 0 aromatic rings. The summed E-state index contributed by atoms with van der Waals surface area (Å²) in [6, 6.07) is 0. The van der Waals surface area contributed by atoms with Crippen LogP contribution in [0, 0.1) is 0 Å². The van der Waals surface area contributed by atoms with Gasteiger partial charge in [-0.25, -0.2) is 0 Å². The Kier molecular flexibility index (Phi) is 4.13. The number of hydrogen-bond acceptors (Lipinski definition) is 3. The summed E-state index contributed by atoms with van der Waals surface area (Å²) in [5.74, 6) is 0.116. The molecular weight excluding hydrogens is 351 g/mol. The first kappa shape index (κ1) is 10.7. The van der Waals surface area contributed by atoms with E-state index in [9.17, 15) is 4.79 Å². The fraction of sp³-hybridized carbons (Fsp3) is 0.600. The van der Waals surface area contributed by atoms with Gasteiger partial charge in [0.1, 0.15) is 4.32 Å². The minimum absolute atomic E-state index is 0. The van der Waals surface area contributed by atoms with Crippen molar-refractivity contribution in [2.24, 2.45) is 0 Å². The van der Waals surface area contributed by atoms with Crippen LogP contribution in [0.2, 0.25) is 0 Å². The fourth-order valence-electron chi connectivity index (χ4n) is 0.643. The van der Waals surface area contributed by atoms with Gasteiger partial charge in [0.05, 0.1) is 5.25 Å². The van der Waals surface area contributed by atoms with Crippen LogP contribution in [0.5, 0.6) is 0 Å². The molecule has 0 spiro atoms. The zero-order valence-corrected chi connectivity index (χ0v) is 9.35. The molecule has 1 unspecified atom stereocenters. The monoisotopic (exact) mass is 358 g/mol. The van der Waals surface area contributed by atoms with E-state index >= 15 is 0 Å². The number of carbonyl (C=O) groups is 1. The van der Waals surface area contributed by atoms with E-state index in [4.69, 9.17) is 12.2 Å². The summed E-state index contributed by atoms with van der Waals surface area (Å²) in [5, 5.41) is 0.0301. The Labute approximate surface area is 85.2 Å². The van der Waals surface area contributed by atoms with Crippen molar-refractivity contribution >= 4 is 34.2 Å². The Hall–Kier alpha value is 0.650. The Morgan fingerprint density at radius 1 is 1.70 bits per heavy atom. The maximum atomic E-state index is 10.9. The third-order valence-electron chi connectivity index (χ3n) is 1.23. The van der Waals surface area contributed by atoms with Crippen LogP contribution in [0.1, 0.15) is 6.92 Å². The molecule has 10 heavy (non-hydrogen) atoms. The molecular formula is C5H7AuNOS2. The first-order chi connectivity index (χ1) is 4.13. The molecule has 0 aliphatic carbocycles. The summed E-state index contributed by atoms with van der Waals surface area (Å²) >= 11 is 6.31. The molecule has 61 valence electrons. The molecule has 1 rings (SSSR count). The molecule has 0 saturated carbocycles. The molecule has 1 aliphatic rings. The number of thioether (sulfide) groups is 1. The Morgan fingerprint density at radius 2 is 2.20 bits per heavy atom. The van der Waals surface area contributed by atoms with E-state index in [1.807, 2.05) is 6.92 Å². The van der Waals surface area contributed by atoms with Crippen molar-refractivity contribution < 1.29 is 27.2 Å². The minimum atomic E-state index is 0. The van der Waals surface area contributed by atoms with Crippen LogP contribution >= 0.6 is 24.0 Å². The van der Waals surface area contributed by atoms with E-state index in [0.717, 1.165) is 0 Å². The van der Waals surface area contributed by atoms with E-state index in [0.29, 0.717) is 4.32 Å². The Morgan fingerprint density at radius 3 is 2.30 bits per heavy atom. The Bertz CT molecular complexity index is 173. The van der Waals surface area contributed by atoms with Gasteiger partial charge in [-0.2, -0.15) is 0 Å². The van der Waals surface area contributed by atoms with Crippen molar-refractivity contribution in [3.8, 4) is 0 Å². The van der Waals surface area contributed by atoms with Crippen LogP contribution < -0.4 is 0 Å². The average Bonchev–Trinajstić information content (AvgIpc) is 1.98. The normalized spacial score (nSPS) is 25.0. The molecule has 5 heteroatoms.